The van der Waals surface area contributed by atoms with Gasteiger partial charge in [-0.05, 0) is 39.5 Å². The molecule has 0 saturated carbocycles. The largest absolute Gasteiger partial charge is 0.463 e. The van der Waals surface area contributed by atoms with Gasteiger partial charge >= 0.3 is 5.97 Å². The minimum absolute atomic E-state index is 0.0107. The molecule has 0 unspecified atom stereocenters. The van der Waals surface area contributed by atoms with Gasteiger partial charge < -0.3 is 4.74 Å². The van der Waals surface area contributed by atoms with Gasteiger partial charge in [0.25, 0.3) is 0 Å². The predicted molar refractivity (Wildman–Crippen MR) is 73.0 cm³/mol. The summed E-state index contributed by atoms with van der Waals surface area (Å²) in [6.07, 6.45) is 13.3. The zero-order valence-corrected chi connectivity index (χ0v) is 11.7. The summed E-state index contributed by atoms with van der Waals surface area (Å²) in [4.78, 5) is 11.2. The van der Waals surface area contributed by atoms with Gasteiger partial charge in [0.1, 0.15) is 0 Å². The van der Waals surface area contributed by atoms with Crippen molar-refractivity contribution in [3.8, 4) is 0 Å². The molecule has 0 rings (SSSR count). The molecule has 2 nitrogen and oxygen atoms in total. The van der Waals surface area contributed by atoms with Crippen molar-refractivity contribution in [3.63, 3.8) is 0 Å². The molecular formula is C15H28O2. The summed E-state index contributed by atoms with van der Waals surface area (Å²) in [5.41, 5.74) is 0. The zero-order chi connectivity index (χ0) is 12.9. The molecule has 17 heavy (non-hydrogen) atoms. The Labute approximate surface area is 106 Å². The van der Waals surface area contributed by atoms with E-state index in [1.807, 2.05) is 13.8 Å². The lowest BCUT2D eigenvalue weighted by Crippen LogP contribution is -2.10. The highest BCUT2D eigenvalue weighted by atomic mass is 16.5. The fourth-order valence-corrected chi connectivity index (χ4v) is 1.61. The highest BCUT2D eigenvalue weighted by Gasteiger charge is 2.03. The average molecular weight is 240 g/mol. The second-order valence-electron chi connectivity index (χ2n) is 4.75. The van der Waals surface area contributed by atoms with Crippen molar-refractivity contribution < 1.29 is 9.53 Å². The van der Waals surface area contributed by atoms with Gasteiger partial charge in [-0.2, -0.15) is 0 Å². The Bertz CT molecular complexity index is 207. The van der Waals surface area contributed by atoms with Crippen LogP contribution in [0.3, 0.4) is 0 Å². The normalized spacial score (nSPS) is 11.3. The molecule has 0 bridgehead atoms. The van der Waals surface area contributed by atoms with Crippen molar-refractivity contribution in [3.05, 3.63) is 12.2 Å². The molecule has 0 saturated heterocycles. The topological polar surface area (TPSA) is 26.3 Å². The first-order valence-corrected chi connectivity index (χ1v) is 7.01. The van der Waals surface area contributed by atoms with Crippen molar-refractivity contribution in [2.75, 3.05) is 0 Å². The summed E-state index contributed by atoms with van der Waals surface area (Å²) in [6.45, 7) is 5.99. The van der Waals surface area contributed by atoms with Crippen LogP contribution in [0, 0.1) is 0 Å². The van der Waals surface area contributed by atoms with Gasteiger partial charge in [-0.3, -0.25) is 4.79 Å². The quantitative estimate of drug-likeness (QED) is 0.316. The van der Waals surface area contributed by atoms with Gasteiger partial charge in [0.15, 0.2) is 0 Å². The summed E-state index contributed by atoms with van der Waals surface area (Å²) >= 11 is 0. The van der Waals surface area contributed by atoms with Gasteiger partial charge in [-0.1, -0.05) is 38.3 Å². The van der Waals surface area contributed by atoms with Crippen molar-refractivity contribution in [2.24, 2.45) is 0 Å². The Morgan fingerprint density at radius 2 is 1.71 bits per heavy atom. The predicted octanol–water partition coefficient (Wildman–Crippen LogP) is 4.63. The minimum atomic E-state index is -0.0728. The number of hydrogen-bond donors (Lipinski definition) is 0. The van der Waals surface area contributed by atoms with Crippen LogP contribution in [-0.4, -0.2) is 12.1 Å². The standard InChI is InChI=1S/C15H28O2/c1-4-5-6-7-8-9-10-11-12-13-15(16)17-14(2)3/h9-10,14H,4-8,11-13H2,1-3H3/b10-9-. The third-order valence-corrected chi connectivity index (χ3v) is 2.51. The van der Waals surface area contributed by atoms with E-state index in [0.29, 0.717) is 6.42 Å². The first kappa shape index (κ1) is 16.2. The van der Waals surface area contributed by atoms with Crippen molar-refractivity contribution in [1.29, 1.82) is 0 Å². The SMILES string of the molecule is CCCCCC/C=C\CCCC(=O)OC(C)C. The van der Waals surface area contributed by atoms with E-state index in [1.165, 1.54) is 32.1 Å². The summed E-state index contributed by atoms with van der Waals surface area (Å²) in [5, 5.41) is 0. The number of hydrogen-bond acceptors (Lipinski definition) is 2. The van der Waals surface area contributed by atoms with Crippen molar-refractivity contribution in [1.82, 2.24) is 0 Å². The van der Waals surface area contributed by atoms with Crippen LogP contribution < -0.4 is 0 Å². The third kappa shape index (κ3) is 13.1. The van der Waals surface area contributed by atoms with Crippen LogP contribution in [-0.2, 0) is 9.53 Å². The fourth-order valence-electron chi connectivity index (χ4n) is 1.61. The van der Waals surface area contributed by atoms with Crippen LogP contribution in [0.4, 0.5) is 0 Å². The van der Waals surface area contributed by atoms with Crippen LogP contribution in [0.1, 0.15) is 72.1 Å². The maximum absolute atomic E-state index is 11.2. The number of ether oxygens (including phenoxy) is 1. The second-order valence-corrected chi connectivity index (χ2v) is 4.75. The molecule has 0 heterocycles. The molecule has 0 N–H and O–H groups in total. The molecule has 0 radical (unpaired) electrons. The van der Waals surface area contributed by atoms with E-state index in [-0.39, 0.29) is 12.1 Å². The molecule has 0 aromatic rings. The summed E-state index contributed by atoms with van der Waals surface area (Å²) in [5.74, 6) is -0.0728. The number of esters is 1. The Morgan fingerprint density at radius 1 is 1.06 bits per heavy atom. The van der Waals surface area contributed by atoms with E-state index in [9.17, 15) is 4.79 Å². The number of rotatable bonds is 10. The van der Waals surface area contributed by atoms with Gasteiger partial charge in [-0.15, -0.1) is 0 Å². The highest BCUT2D eigenvalue weighted by molar-refractivity contribution is 5.69. The van der Waals surface area contributed by atoms with E-state index >= 15 is 0 Å². The van der Waals surface area contributed by atoms with E-state index in [1.54, 1.807) is 0 Å². The molecule has 0 aliphatic rings. The summed E-state index contributed by atoms with van der Waals surface area (Å²) in [7, 11) is 0. The fraction of sp³-hybridized carbons (Fsp3) is 0.800. The van der Waals surface area contributed by atoms with Gasteiger partial charge in [0.2, 0.25) is 0 Å². The first-order valence-electron chi connectivity index (χ1n) is 7.01. The van der Waals surface area contributed by atoms with Gasteiger partial charge in [0, 0.05) is 6.42 Å². The number of allylic oxidation sites excluding steroid dienone is 2. The number of carbonyl (C=O) groups is 1. The number of unbranched alkanes of at least 4 members (excludes halogenated alkanes) is 5. The van der Waals surface area contributed by atoms with Crippen molar-refractivity contribution in [2.45, 2.75) is 78.2 Å². The lowest BCUT2D eigenvalue weighted by Gasteiger charge is -2.06. The first-order chi connectivity index (χ1) is 8.16. The molecule has 0 aromatic heterocycles. The third-order valence-electron chi connectivity index (χ3n) is 2.51. The second kappa shape index (κ2) is 11.7. The molecule has 0 aromatic carbocycles. The van der Waals surface area contributed by atoms with E-state index < -0.39 is 0 Å². The molecular weight excluding hydrogens is 212 g/mol. The lowest BCUT2D eigenvalue weighted by atomic mass is 10.1. The smallest absolute Gasteiger partial charge is 0.306 e. The molecule has 0 aliphatic heterocycles. The Balaban J connectivity index is 3.27. The molecule has 0 spiro atoms. The maximum Gasteiger partial charge on any atom is 0.306 e. The molecule has 2 heteroatoms. The van der Waals surface area contributed by atoms with Gasteiger partial charge in [-0.25, -0.2) is 0 Å². The van der Waals surface area contributed by atoms with Crippen LogP contribution in [0.5, 0.6) is 0 Å². The number of carbonyl (C=O) groups excluding carboxylic acids is 1. The molecule has 0 aliphatic carbocycles. The lowest BCUT2D eigenvalue weighted by molar-refractivity contribution is -0.147. The summed E-state index contributed by atoms with van der Waals surface area (Å²) < 4.78 is 5.06. The van der Waals surface area contributed by atoms with E-state index in [0.717, 1.165) is 12.8 Å². The van der Waals surface area contributed by atoms with Crippen molar-refractivity contribution >= 4 is 5.97 Å². The van der Waals surface area contributed by atoms with Crippen LogP contribution in [0.2, 0.25) is 0 Å². The summed E-state index contributed by atoms with van der Waals surface area (Å²) in [6, 6.07) is 0. The highest BCUT2D eigenvalue weighted by Crippen LogP contribution is 2.05. The molecule has 100 valence electrons. The Kier molecular flexibility index (Phi) is 11.1. The van der Waals surface area contributed by atoms with Crippen LogP contribution in [0.25, 0.3) is 0 Å². The van der Waals surface area contributed by atoms with Gasteiger partial charge in [0.05, 0.1) is 6.10 Å². The Hall–Kier alpha value is -0.790. The molecule has 0 atom stereocenters. The van der Waals surface area contributed by atoms with E-state index in [4.69, 9.17) is 4.74 Å². The minimum Gasteiger partial charge on any atom is -0.463 e. The average Bonchev–Trinajstić information content (AvgIpc) is 2.26. The van der Waals surface area contributed by atoms with E-state index in [2.05, 4.69) is 19.1 Å². The van der Waals surface area contributed by atoms with Crippen LogP contribution >= 0.6 is 0 Å². The molecule has 0 fully saturated rings. The van der Waals surface area contributed by atoms with Crippen LogP contribution in [0.15, 0.2) is 12.2 Å². The zero-order valence-electron chi connectivity index (χ0n) is 11.7. The maximum atomic E-state index is 11.2. The Morgan fingerprint density at radius 3 is 2.29 bits per heavy atom. The monoisotopic (exact) mass is 240 g/mol. The molecule has 0 amide bonds.